The molecule has 0 aromatic heterocycles. The number of imide groups is 1. The minimum atomic E-state index is -0.250. The van der Waals surface area contributed by atoms with E-state index in [-0.39, 0.29) is 35.5 Å². The van der Waals surface area contributed by atoms with Crippen molar-refractivity contribution in [2.75, 3.05) is 39.3 Å². The van der Waals surface area contributed by atoms with E-state index in [2.05, 4.69) is 58.7 Å². The van der Waals surface area contributed by atoms with Gasteiger partial charge in [-0.15, -0.1) is 0 Å². The summed E-state index contributed by atoms with van der Waals surface area (Å²) < 4.78 is 0. The van der Waals surface area contributed by atoms with Gasteiger partial charge in [-0.1, -0.05) is 48.5 Å². The second-order valence-electron chi connectivity index (χ2n) is 8.68. The zero-order chi connectivity index (χ0) is 19.5. The number of piperazine rings is 1. The van der Waals surface area contributed by atoms with Gasteiger partial charge in [0, 0.05) is 51.1 Å². The van der Waals surface area contributed by atoms with Gasteiger partial charge in [0.25, 0.3) is 0 Å². The molecular formula is C24H25N3O2. The van der Waals surface area contributed by atoms with E-state index >= 15 is 0 Å². The molecular weight excluding hydrogens is 362 g/mol. The first-order chi connectivity index (χ1) is 14.3. The van der Waals surface area contributed by atoms with Crippen LogP contribution in [-0.2, 0) is 9.59 Å². The monoisotopic (exact) mass is 387 g/mol. The second-order valence-corrected chi connectivity index (χ2v) is 8.68. The Morgan fingerprint density at radius 2 is 1.17 bits per heavy atom. The largest absolute Gasteiger partial charge is 0.314 e. The van der Waals surface area contributed by atoms with Gasteiger partial charge in [-0.2, -0.15) is 0 Å². The van der Waals surface area contributed by atoms with Crippen LogP contribution in [0.2, 0.25) is 0 Å². The quantitative estimate of drug-likeness (QED) is 0.816. The maximum Gasteiger partial charge on any atom is 0.234 e. The molecule has 2 amide bonds. The van der Waals surface area contributed by atoms with Gasteiger partial charge in [-0.25, -0.2) is 0 Å². The minimum Gasteiger partial charge on any atom is -0.314 e. The zero-order valence-electron chi connectivity index (χ0n) is 16.4. The predicted octanol–water partition coefficient (Wildman–Crippen LogP) is 1.78. The Bertz CT molecular complexity index is 882. The molecule has 2 unspecified atom stereocenters. The average molecular weight is 387 g/mol. The van der Waals surface area contributed by atoms with Gasteiger partial charge in [0.2, 0.25) is 11.8 Å². The fourth-order valence-electron chi connectivity index (χ4n) is 6.14. The summed E-state index contributed by atoms with van der Waals surface area (Å²) in [7, 11) is 0. The number of carbonyl (C=O) groups is 2. The molecule has 2 fully saturated rings. The van der Waals surface area contributed by atoms with Gasteiger partial charge < -0.3 is 5.32 Å². The lowest BCUT2D eigenvalue weighted by Gasteiger charge is -2.45. The van der Waals surface area contributed by atoms with E-state index in [1.54, 1.807) is 4.90 Å². The van der Waals surface area contributed by atoms with Gasteiger partial charge in [-0.3, -0.25) is 19.4 Å². The van der Waals surface area contributed by atoms with Crippen LogP contribution in [0.15, 0.2) is 48.5 Å². The van der Waals surface area contributed by atoms with Crippen molar-refractivity contribution in [2.45, 2.75) is 11.8 Å². The van der Waals surface area contributed by atoms with E-state index in [0.717, 1.165) is 32.7 Å². The van der Waals surface area contributed by atoms with Crippen molar-refractivity contribution in [1.82, 2.24) is 15.1 Å². The number of likely N-dealkylation sites (tertiary alicyclic amines) is 1. The molecule has 0 saturated carbocycles. The third-order valence-corrected chi connectivity index (χ3v) is 7.39. The number of nitrogens with one attached hydrogen (secondary N) is 1. The normalized spacial score (nSPS) is 30.3. The number of rotatable bonds is 3. The molecule has 2 bridgehead atoms. The summed E-state index contributed by atoms with van der Waals surface area (Å²) in [5, 5.41) is 3.35. The summed E-state index contributed by atoms with van der Waals surface area (Å²) >= 11 is 0. The predicted molar refractivity (Wildman–Crippen MR) is 110 cm³/mol. The number of carbonyl (C=O) groups excluding carboxylic acids is 2. The van der Waals surface area contributed by atoms with Crippen molar-refractivity contribution >= 4 is 11.8 Å². The van der Waals surface area contributed by atoms with Crippen molar-refractivity contribution < 1.29 is 9.59 Å². The van der Waals surface area contributed by atoms with Gasteiger partial charge >= 0.3 is 0 Å². The van der Waals surface area contributed by atoms with Crippen molar-refractivity contribution in [2.24, 2.45) is 11.8 Å². The summed E-state index contributed by atoms with van der Waals surface area (Å²) in [6.07, 6.45) is 0. The topological polar surface area (TPSA) is 52.7 Å². The first-order valence-electron chi connectivity index (χ1n) is 10.7. The number of hydrogen-bond acceptors (Lipinski definition) is 4. The molecule has 5 aliphatic rings. The Morgan fingerprint density at radius 3 is 1.62 bits per heavy atom. The lowest BCUT2D eigenvalue weighted by atomic mass is 9.55. The highest BCUT2D eigenvalue weighted by atomic mass is 16.2. The van der Waals surface area contributed by atoms with Crippen molar-refractivity contribution in [3.63, 3.8) is 0 Å². The molecule has 2 aromatic rings. The van der Waals surface area contributed by atoms with E-state index in [4.69, 9.17) is 0 Å². The van der Waals surface area contributed by atoms with Gasteiger partial charge in [0.05, 0.1) is 11.8 Å². The van der Waals surface area contributed by atoms with Gasteiger partial charge in [0.15, 0.2) is 0 Å². The lowest BCUT2D eigenvalue weighted by molar-refractivity contribution is -0.140. The zero-order valence-corrected chi connectivity index (χ0v) is 16.4. The van der Waals surface area contributed by atoms with E-state index < -0.39 is 0 Å². The summed E-state index contributed by atoms with van der Waals surface area (Å²) in [5.41, 5.74) is 4.95. The van der Waals surface area contributed by atoms with E-state index in [9.17, 15) is 9.59 Å². The van der Waals surface area contributed by atoms with Crippen LogP contribution in [-0.4, -0.2) is 60.9 Å². The van der Waals surface area contributed by atoms with Gasteiger partial charge in [-0.05, 0) is 22.3 Å². The Balaban J connectivity index is 1.37. The Kier molecular flexibility index (Phi) is 3.90. The van der Waals surface area contributed by atoms with Crippen LogP contribution in [0.1, 0.15) is 34.1 Å². The first kappa shape index (κ1) is 17.4. The van der Waals surface area contributed by atoms with Crippen LogP contribution >= 0.6 is 0 Å². The standard InChI is InChI=1S/C24H25N3O2/c28-23-21-19-15-5-1-2-6-16(15)20(18-8-4-3-7-17(18)19)22(21)24(29)27(23)14-13-26-11-9-25-10-12-26/h1-8,19-22,25H,9-14H2. The molecule has 2 aromatic carbocycles. The highest BCUT2D eigenvalue weighted by molar-refractivity contribution is 6.07. The van der Waals surface area contributed by atoms with Crippen LogP contribution in [0.25, 0.3) is 0 Å². The molecule has 5 heteroatoms. The summed E-state index contributed by atoms with van der Waals surface area (Å²) in [6.45, 7) is 5.19. The third kappa shape index (κ3) is 2.41. The molecule has 1 N–H and O–H groups in total. The average Bonchev–Trinajstić information content (AvgIpc) is 3.03. The van der Waals surface area contributed by atoms with Crippen LogP contribution in [0.5, 0.6) is 0 Å². The van der Waals surface area contributed by atoms with Crippen LogP contribution in [0, 0.1) is 11.8 Å². The van der Waals surface area contributed by atoms with E-state index in [0.29, 0.717) is 6.54 Å². The van der Waals surface area contributed by atoms with Crippen molar-refractivity contribution in [3.8, 4) is 0 Å². The Morgan fingerprint density at radius 1 is 0.724 bits per heavy atom. The maximum absolute atomic E-state index is 13.5. The minimum absolute atomic E-state index is 0.00182. The highest BCUT2D eigenvalue weighted by Crippen LogP contribution is 2.60. The SMILES string of the molecule is O=C1C2C3c4ccccc4C(c4ccccc43)C2C(=O)N1CCN1CCNCC1. The molecule has 5 nitrogen and oxygen atoms in total. The Labute approximate surface area is 170 Å². The maximum atomic E-state index is 13.5. The van der Waals surface area contributed by atoms with Crippen molar-refractivity contribution in [1.29, 1.82) is 0 Å². The lowest BCUT2D eigenvalue weighted by Crippen LogP contribution is -2.47. The summed E-state index contributed by atoms with van der Waals surface area (Å²) in [6, 6.07) is 16.8. The molecule has 3 aliphatic carbocycles. The molecule has 0 radical (unpaired) electrons. The molecule has 29 heavy (non-hydrogen) atoms. The fourth-order valence-corrected chi connectivity index (χ4v) is 6.14. The smallest absolute Gasteiger partial charge is 0.234 e. The number of nitrogens with zero attached hydrogens (tertiary/aromatic N) is 2. The number of amides is 2. The highest BCUT2D eigenvalue weighted by Gasteiger charge is 2.61. The molecule has 0 spiro atoms. The Hall–Kier alpha value is -2.50. The number of hydrogen-bond donors (Lipinski definition) is 1. The van der Waals surface area contributed by atoms with Gasteiger partial charge in [0.1, 0.15) is 0 Å². The molecule has 2 atom stereocenters. The van der Waals surface area contributed by atoms with E-state index in [1.165, 1.54) is 22.3 Å². The molecule has 2 heterocycles. The molecule has 2 aliphatic heterocycles. The first-order valence-corrected chi connectivity index (χ1v) is 10.7. The van der Waals surface area contributed by atoms with E-state index in [1.807, 2.05) is 0 Å². The molecule has 148 valence electrons. The summed E-state index contributed by atoms with van der Waals surface area (Å²) in [4.78, 5) is 30.9. The van der Waals surface area contributed by atoms with Crippen LogP contribution in [0.3, 0.4) is 0 Å². The van der Waals surface area contributed by atoms with Crippen LogP contribution < -0.4 is 5.32 Å². The summed E-state index contributed by atoms with van der Waals surface area (Å²) in [5.74, 6) is -0.431. The van der Waals surface area contributed by atoms with Crippen molar-refractivity contribution in [3.05, 3.63) is 70.8 Å². The third-order valence-electron chi connectivity index (χ3n) is 7.39. The molecule has 2 saturated heterocycles. The fraction of sp³-hybridized carbons (Fsp3) is 0.417. The second kappa shape index (κ2) is 6.51. The van der Waals surface area contributed by atoms with Crippen LogP contribution in [0.4, 0.5) is 0 Å². The number of benzene rings is 2. The molecule has 7 rings (SSSR count).